The van der Waals surface area contributed by atoms with Gasteiger partial charge >= 0.3 is 0 Å². The van der Waals surface area contributed by atoms with Gasteiger partial charge in [0.2, 0.25) is 0 Å². The summed E-state index contributed by atoms with van der Waals surface area (Å²) in [6.07, 6.45) is 1.04. The molecule has 4 rings (SSSR count). The quantitative estimate of drug-likeness (QED) is 0.486. The van der Waals surface area contributed by atoms with Crippen LogP contribution in [0.1, 0.15) is 40.5 Å². The number of nitrogens with one attached hydrogen (secondary N) is 1. The Kier molecular flexibility index (Phi) is 7.98. The van der Waals surface area contributed by atoms with Crippen molar-refractivity contribution >= 4 is 22.5 Å². The summed E-state index contributed by atoms with van der Waals surface area (Å²) in [6, 6.07) is 12.1. The zero-order valence-corrected chi connectivity index (χ0v) is 21.4. The minimum Gasteiger partial charge on any atom is -0.496 e. The van der Waals surface area contributed by atoms with Gasteiger partial charge in [-0.25, -0.2) is 0 Å². The van der Waals surface area contributed by atoms with Crippen molar-refractivity contribution in [1.82, 2.24) is 14.4 Å². The molecule has 1 aliphatic rings. The summed E-state index contributed by atoms with van der Waals surface area (Å²) in [6.45, 7) is 11.8. The zero-order valence-electron chi connectivity index (χ0n) is 21.4. The number of fused-ring (bicyclic) bond motifs is 1. The van der Waals surface area contributed by atoms with E-state index in [-0.39, 0.29) is 12.5 Å². The summed E-state index contributed by atoms with van der Waals surface area (Å²) in [4.78, 5) is 17.7. The van der Waals surface area contributed by atoms with Gasteiger partial charge in [-0.1, -0.05) is 25.1 Å². The van der Waals surface area contributed by atoms with Gasteiger partial charge in [0.05, 0.1) is 24.9 Å². The number of methoxy groups -OCH3 is 1. The van der Waals surface area contributed by atoms with E-state index in [2.05, 4.69) is 47.7 Å². The van der Waals surface area contributed by atoms with Gasteiger partial charge in [-0.2, -0.15) is 0 Å². The van der Waals surface area contributed by atoms with Crippen molar-refractivity contribution in [2.75, 3.05) is 51.8 Å². The molecule has 1 fully saturated rings. The lowest BCUT2D eigenvalue weighted by Gasteiger charge is -2.34. The van der Waals surface area contributed by atoms with Crippen LogP contribution in [-0.4, -0.2) is 71.8 Å². The number of benzene rings is 2. The summed E-state index contributed by atoms with van der Waals surface area (Å²) in [5.74, 6) is 0.914. The standard InChI is InChI=1S/C28H38N4O3/c1-5-10-32-21(3)20(2)24-17-23(28(34)31-13-11-30(12-14-31)15-16-33)18-25(27(24)32)29-19-22-8-6-7-9-26(22)35-4/h6-9,17-18,29,33H,5,10-16,19H2,1-4H3. The van der Waals surface area contributed by atoms with Gasteiger partial charge in [-0.15, -0.1) is 0 Å². The number of ether oxygens (including phenoxy) is 1. The first-order valence-electron chi connectivity index (χ1n) is 12.6. The van der Waals surface area contributed by atoms with Crippen molar-refractivity contribution in [3.63, 3.8) is 0 Å². The lowest BCUT2D eigenvalue weighted by Crippen LogP contribution is -2.49. The topological polar surface area (TPSA) is 70.0 Å². The van der Waals surface area contributed by atoms with E-state index in [0.717, 1.165) is 54.0 Å². The SMILES string of the molecule is CCCn1c(C)c(C)c2cc(C(=O)N3CCN(CCO)CC3)cc(NCc3ccccc3OC)c21. The highest BCUT2D eigenvalue weighted by atomic mass is 16.5. The highest BCUT2D eigenvalue weighted by Crippen LogP contribution is 2.34. The first-order chi connectivity index (χ1) is 17.0. The number of aromatic nitrogens is 1. The lowest BCUT2D eigenvalue weighted by molar-refractivity contribution is 0.0615. The molecule has 1 aromatic heterocycles. The Bertz CT molecular complexity index is 1180. The van der Waals surface area contributed by atoms with Crippen molar-refractivity contribution in [2.24, 2.45) is 0 Å². The van der Waals surface area contributed by atoms with Gasteiger partial charge in [0.25, 0.3) is 5.91 Å². The number of nitrogens with zero attached hydrogens (tertiary/aromatic N) is 3. The van der Waals surface area contributed by atoms with Crippen molar-refractivity contribution in [1.29, 1.82) is 0 Å². The summed E-state index contributed by atoms with van der Waals surface area (Å²) in [7, 11) is 1.69. The van der Waals surface area contributed by atoms with Gasteiger partial charge in [-0.3, -0.25) is 9.69 Å². The number of hydrogen-bond donors (Lipinski definition) is 2. The summed E-state index contributed by atoms with van der Waals surface area (Å²) < 4.78 is 7.92. The number of para-hydroxylation sites is 1. The van der Waals surface area contributed by atoms with Crippen molar-refractivity contribution < 1.29 is 14.6 Å². The molecule has 2 heterocycles. The molecule has 0 unspecified atom stereocenters. The van der Waals surface area contributed by atoms with Gasteiger partial charge in [0.15, 0.2) is 0 Å². The fourth-order valence-electron chi connectivity index (χ4n) is 5.08. The number of amides is 1. The van der Waals surface area contributed by atoms with Crippen LogP contribution < -0.4 is 10.1 Å². The van der Waals surface area contributed by atoms with Gasteiger partial charge in [0.1, 0.15) is 5.75 Å². The molecule has 1 amide bonds. The molecule has 2 N–H and O–H groups in total. The highest BCUT2D eigenvalue weighted by Gasteiger charge is 2.24. The van der Waals surface area contributed by atoms with E-state index >= 15 is 0 Å². The number of carbonyl (C=O) groups is 1. The molecule has 3 aromatic rings. The summed E-state index contributed by atoms with van der Waals surface area (Å²) in [5.41, 5.74) is 6.37. The monoisotopic (exact) mass is 478 g/mol. The molecule has 188 valence electrons. The van der Waals surface area contributed by atoms with Crippen LogP contribution >= 0.6 is 0 Å². The number of aryl methyl sites for hydroxylation is 2. The first-order valence-corrected chi connectivity index (χ1v) is 12.6. The Morgan fingerprint density at radius 2 is 1.83 bits per heavy atom. The average Bonchev–Trinajstić information content (AvgIpc) is 3.12. The zero-order chi connectivity index (χ0) is 24.9. The smallest absolute Gasteiger partial charge is 0.254 e. The Morgan fingerprint density at radius 1 is 1.09 bits per heavy atom. The third-order valence-corrected chi connectivity index (χ3v) is 7.16. The van der Waals surface area contributed by atoms with Gasteiger partial charge < -0.3 is 24.6 Å². The summed E-state index contributed by atoms with van der Waals surface area (Å²) in [5, 5.41) is 14.0. The minimum absolute atomic E-state index is 0.0659. The second-order valence-electron chi connectivity index (χ2n) is 9.30. The molecule has 7 heteroatoms. The molecule has 0 aliphatic carbocycles. The molecule has 0 spiro atoms. The molecular formula is C28H38N4O3. The molecule has 0 saturated carbocycles. The van der Waals surface area contributed by atoms with Crippen LogP contribution in [0.15, 0.2) is 36.4 Å². The number of aliphatic hydroxyl groups is 1. The molecule has 7 nitrogen and oxygen atoms in total. The molecule has 0 bridgehead atoms. The van der Waals surface area contributed by atoms with Gasteiger partial charge in [0, 0.05) is 68.0 Å². The maximum absolute atomic E-state index is 13.6. The number of rotatable bonds is 9. The predicted octanol–water partition coefficient (Wildman–Crippen LogP) is 4.04. The second-order valence-corrected chi connectivity index (χ2v) is 9.30. The van der Waals surface area contributed by atoms with Gasteiger partial charge in [-0.05, 0) is 44.0 Å². The molecule has 2 aromatic carbocycles. The number of anilines is 1. The average molecular weight is 479 g/mol. The molecular weight excluding hydrogens is 440 g/mol. The Labute approximate surface area is 208 Å². The van der Waals surface area contributed by atoms with Crippen LogP contribution in [0, 0.1) is 13.8 Å². The largest absolute Gasteiger partial charge is 0.496 e. The minimum atomic E-state index is 0.0659. The van der Waals surface area contributed by atoms with Crippen LogP contribution in [0.5, 0.6) is 5.75 Å². The normalized spacial score (nSPS) is 14.5. The second kappa shape index (κ2) is 11.1. The van der Waals surface area contributed by atoms with Crippen LogP contribution in [0.3, 0.4) is 0 Å². The number of piperazine rings is 1. The van der Waals surface area contributed by atoms with Crippen molar-refractivity contribution in [3.8, 4) is 5.75 Å². The molecule has 35 heavy (non-hydrogen) atoms. The number of β-amino-alcohol motifs (C(OH)–C–C–N with tert-alkyl or cyclic N) is 1. The fourth-order valence-corrected chi connectivity index (χ4v) is 5.08. The molecule has 0 radical (unpaired) electrons. The molecule has 1 saturated heterocycles. The van der Waals surface area contributed by atoms with E-state index in [0.29, 0.717) is 31.7 Å². The predicted molar refractivity (Wildman–Crippen MR) is 141 cm³/mol. The highest BCUT2D eigenvalue weighted by molar-refractivity contribution is 6.04. The van der Waals surface area contributed by atoms with E-state index < -0.39 is 0 Å². The van der Waals surface area contributed by atoms with E-state index in [9.17, 15) is 9.90 Å². The Hall–Kier alpha value is -3.03. The Balaban J connectivity index is 1.70. The Morgan fingerprint density at radius 3 is 2.51 bits per heavy atom. The van der Waals surface area contributed by atoms with E-state index in [1.807, 2.05) is 29.2 Å². The first kappa shape index (κ1) is 25.1. The van der Waals surface area contributed by atoms with E-state index in [1.165, 1.54) is 11.3 Å². The van der Waals surface area contributed by atoms with Crippen LogP contribution in [0.2, 0.25) is 0 Å². The fraction of sp³-hybridized carbons (Fsp3) is 0.464. The molecule has 1 aliphatic heterocycles. The van der Waals surface area contributed by atoms with E-state index in [4.69, 9.17) is 4.74 Å². The third-order valence-electron chi connectivity index (χ3n) is 7.16. The summed E-state index contributed by atoms with van der Waals surface area (Å²) >= 11 is 0. The van der Waals surface area contributed by atoms with E-state index in [1.54, 1.807) is 7.11 Å². The van der Waals surface area contributed by atoms with Crippen LogP contribution in [-0.2, 0) is 13.1 Å². The third kappa shape index (κ3) is 5.16. The number of hydrogen-bond acceptors (Lipinski definition) is 5. The number of aliphatic hydroxyl groups excluding tert-OH is 1. The van der Waals surface area contributed by atoms with Crippen molar-refractivity contribution in [3.05, 3.63) is 58.8 Å². The maximum atomic E-state index is 13.6. The maximum Gasteiger partial charge on any atom is 0.254 e. The van der Waals surface area contributed by atoms with Crippen LogP contribution in [0.4, 0.5) is 5.69 Å². The molecule has 0 atom stereocenters. The lowest BCUT2D eigenvalue weighted by atomic mass is 10.1. The number of carbonyl (C=O) groups excluding carboxylic acids is 1. The van der Waals surface area contributed by atoms with Crippen molar-refractivity contribution in [2.45, 2.75) is 40.3 Å². The van der Waals surface area contributed by atoms with Crippen LogP contribution in [0.25, 0.3) is 10.9 Å².